The lowest BCUT2D eigenvalue weighted by Crippen LogP contribution is -2.14. The SMILES string of the molecule is COc1ccc(C2=C(CO)C(=O)CCC2)cc1OC. The molecule has 0 saturated carbocycles. The largest absolute Gasteiger partial charge is 0.493 e. The molecule has 4 nitrogen and oxygen atoms in total. The highest BCUT2D eigenvalue weighted by Gasteiger charge is 2.21. The minimum atomic E-state index is -0.206. The Morgan fingerprint density at radius 3 is 2.53 bits per heavy atom. The van der Waals surface area contributed by atoms with Crippen LogP contribution in [0.4, 0.5) is 0 Å². The molecule has 0 aliphatic heterocycles. The minimum absolute atomic E-state index is 0.0403. The summed E-state index contributed by atoms with van der Waals surface area (Å²) in [6.07, 6.45) is 2.15. The number of aliphatic hydroxyl groups excluding tert-OH is 1. The van der Waals surface area contributed by atoms with E-state index in [-0.39, 0.29) is 12.4 Å². The van der Waals surface area contributed by atoms with E-state index in [1.165, 1.54) is 0 Å². The van der Waals surface area contributed by atoms with E-state index in [0.717, 1.165) is 24.0 Å². The van der Waals surface area contributed by atoms with Crippen LogP contribution in [0.5, 0.6) is 11.5 Å². The topological polar surface area (TPSA) is 55.8 Å². The Morgan fingerprint density at radius 2 is 1.89 bits per heavy atom. The average molecular weight is 262 g/mol. The number of methoxy groups -OCH3 is 2. The zero-order valence-corrected chi connectivity index (χ0v) is 11.2. The molecule has 0 atom stereocenters. The summed E-state index contributed by atoms with van der Waals surface area (Å²) in [5, 5.41) is 9.39. The van der Waals surface area contributed by atoms with Crippen molar-refractivity contribution in [1.29, 1.82) is 0 Å². The summed E-state index contributed by atoms with van der Waals surface area (Å²) in [5.41, 5.74) is 2.35. The first-order valence-corrected chi connectivity index (χ1v) is 6.29. The summed E-state index contributed by atoms with van der Waals surface area (Å²) < 4.78 is 10.5. The molecule has 1 aliphatic carbocycles. The molecule has 0 radical (unpaired) electrons. The van der Waals surface area contributed by atoms with Crippen molar-refractivity contribution in [2.75, 3.05) is 20.8 Å². The molecule has 1 aliphatic rings. The number of hydrogen-bond donors (Lipinski definition) is 1. The van der Waals surface area contributed by atoms with Crippen molar-refractivity contribution in [3.05, 3.63) is 29.3 Å². The quantitative estimate of drug-likeness (QED) is 0.903. The molecular weight excluding hydrogens is 244 g/mol. The molecule has 19 heavy (non-hydrogen) atoms. The van der Waals surface area contributed by atoms with Crippen molar-refractivity contribution < 1.29 is 19.4 Å². The number of allylic oxidation sites excluding steroid dienone is 1. The standard InChI is InChI=1S/C15H18O4/c1-18-14-7-6-10(8-15(14)19-2)11-4-3-5-13(17)12(11)9-16/h6-8,16H,3-5,9H2,1-2H3. The highest BCUT2D eigenvalue weighted by atomic mass is 16.5. The van der Waals surface area contributed by atoms with Gasteiger partial charge >= 0.3 is 0 Å². The second kappa shape index (κ2) is 5.89. The Bertz CT molecular complexity index is 517. The molecular formula is C15H18O4. The number of carbonyl (C=O) groups excluding carboxylic acids is 1. The lowest BCUT2D eigenvalue weighted by atomic mass is 9.87. The van der Waals surface area contributed by atoms with E-state index in [1.807, 2.05) is 18.2 Å². The third-order valence-electron chi connectivity index (χ3n) is 3.42. The third-order valence-corrected chi connectivity index (χ3v) is 3.42. The van der Waals surface area contributed by atoms with E-state index in [0.29, 0.717) is 23.5 Å². The van der Waals surface area contributed by atoms with Gasteiger partial charge in [-0.3, -0.25) is 4.79 Å². The highest BCUT2D eigenvalue weighted by Crippen LogP contribution is 2.35. The lowest BCUT2D eigenvalue weighted by molar-refractivity contribution is -0.116. The maximum atomic E-state index is 11.8. The molecule has 0 aromatic heterocycles. The molecule has 0 fully saturated rings. The predicted octanol–water partition coefficient (Wildman–Crippen LogP) is 2.20. The van der Waals surface area contributed by atoms with E-state index in [1.54, 1.807) is 14.2 Å². The number of ketones is 1. The fourth-order valence-corrected chi connectivity index (χ4v) is 2.42. The second-order valence-corrected chi connectivity index (χ2v) is 4.46. The van der Waals surface area contributed by atoms with Crippen molar-refractivity contribution in [3.8, 4) is 11.5 Å². The normalized spacial score (nSPS) is 15.6. The molecule has 0 heterocycles. The van der Waals surface area contributed by atoms with Crippen LogP contribution in [0.3, 0.4) is 0 Å². The first-order valence-electron chi connectivity index (χ1n) is 6.29. The van der Waals surface area contributed by atoms with Crippen LogP contribution in [0.25, 0.3) is 5.57 Å². The van der Waals surface area contributed by atoms with Crippen molar-refractivity contribution in [3.63, 3.8) is 0 Å². The predicted molar refractivity (Wildman–Crippen MR) is 72.4 cm³/mol. The van der Waals surface area contributed by atoms with Crippen LogP contribution in [0.15, 0.2) is 23.8 Å². The second-order valence-electron chi connectivity index (χ2n) is 4.46. The van der Waals surface area contributed by atoms with Crippen LogP contribution in [0.2, 0.25) is 0 Å². The smallest absolute Gasteiger partial charge is 0.161 e. The molecule has 0 bridgehead atoms. The molecule has 2 rings (SSSR count). The van der Waals surface area contributed by atoms with Gasteiger partial charge in [-0.15, -0.1) is 0 Å². The summed E-state index contributed by atoms with van der Waals surface area (Å²) >= 11 is 0. The van der Waals surface area contributed by atoms with Crippen LogP contribution >= 0.6 is 0 Å². The van der Waals surface area contributed by atoms with E-state index < -0.39 is 0 Å². The van der Waals surface area contributed by atoms with Gasteiger partial charge in [0.05, 0.1) is 20.8 Å². The van der Waals surface area contributed by atoms with E-state index >= 15 is 0 Å². The van der Waals surface area contributed by atoms with E-state index in [4.69, 9.17) is 9.47 Å². The fraction of sp³-hybridized carbons (Fsp3) is 0.400. The molecule has 1 N–H and O–H groups in total. The van der Waals surface area contributed by atoms with Crippen LogP contribution < -0.4 is 9.47 Å². The van der Waals surface area contributed by atoms with Crippen LogP contribution in [-0.4, -0.2) is 31.7 Å². The van der Waals surface area contributed by atoms with Crippen molar-refractivity contribution >= 4 is 11.4 Å². The molecule has 4 heteroatoms. The number of hydrogen-bond acceptors (Lipinski definition) is 4. The Labute approximate surface area is 112 Å². The highest BCUT2D eigenvalue weighted by molar-refractivity contribution is 6.04. The van der Waals surface area contributed by atoms with Crippen LogP contribution in [0, 0.1) is 0 Å². The molecule has 0 saturated heterocycles. The molecule has 102 valence electrons. The summed E-state index contributed by atoms with van der Waals surface area (Å²) in [5.74, 6) is 1.32. The minimum Gasteiger partial charge on any atom is -0.493 e. The van der Waals surface area contributed by atoms with Crippen molar-refractivity contribution in [2.45, 2.75) is 19.3 Å². The maximum absolute atomic E-state index is 11.8. The Hall–Kier alpha value is -1.81. The molecule has 0 spiro atoms. The third kappa shape index (κ3) is 2.63. The zero-order valence-electron chi connectivity index (χ0n) is 11.2. The van der Waals surface area contributed by atoms with Crippen molar-refractivity contribution in [1.82, 2.24) is 0 Å². The molecule has 0 amide bonds. The number of aliphatic hydroxyl groups is 1. The Balaban J connectivity index is 2.48. The van der Waals surface area contributed by atoms with Gasteiger partial charge in [0, 0.05) is 12.0 Å². The monoisotopic (exact) mass is 262 g/mol. The Morgan fingerprint density at radius 1 is 1.16 bits per heavy atom. The maximum Gasteiger partial charge on any atom is 0.161 e. The van der Waals surface area contributed by atoms with Gasteiger partial charge < -0.3 is 14.6 Å². The summed E-state index contributed by atoms with van der Waals surface area (Å²) in [7, 11) is 3.16. The van der Waals surface area contributed by atoms with Crippen LogP contribution in [-0.2, 0) is 4.79 Å². The van der Waals surface area contributed by atoms with Gasteiger partial charge in [0.1, 0.15) is 0 Å². The lowest BCUT2D eigenvalue weighted by Gasteiger charge is -2.19. The number of Topliss-reactive ketones (excluding diaryl/α,β-unsaturated/α-hetero) is 1. The molecule has 1 aromatic carbocycles. The average Bonchev–Trinajstić information content (AvgIpc) is 2.46. The van der Waals surface area contributed by atoms with E-state index in [2.05, 4.69) is 0 Å². The van der Waals surface area contributed by atoms with E-state index in [9.17, 15) is 9.90 Å². The van der Waals surface area contributed by atoms with Gasteiger partial charge in [0.2, 0.25) is 0 Å². The van der Waals surface area contributed by atoms with Gasteiger partial charge in [-0.05, 0) is 36.1 Å². The van der Waals surface area contributed by atoms with Gasteiger partial charge in [0.25, 0.3) is 0 Å². The first-order chi connectivity index (χ1) is 9.21. The summed E-state index contributed by atoms with van der Waals surface area (Å²) in [4.78, 5) is 11.8. The zero-order chi connectivity index (χ0) is 13.8. The first kappa shape index (κ1) is 13.6. The van der Waals surface area contributed by atoms with Crippen LogP contribution in [0.1, 0.15) is 24.8 Å². The Kier molecular flexibility index (Phi) is 4.22. The van der Waals surface area contributed by atoms with Gasteiger partial charge in [-0.2, -0.15) is 0 Å². The number of ether oxygens (including phenoxy) is 2. The molecule has 1 aromatic rings. The number of rotatable bonds is 4. The van der Waals surface area contributed by atoms with Gasteiger partial charge in [-0.1, -0.05) is 6.07 Å². The fourth-order valence-electron chi connectivity index (χ4n) is 2.42. The number of carbonyl (C=O) groups is 1. The van der Waals surface area contributed by atoms with Gasteiger partial charge in [0.15, 0.2) is 17.3 Å². The summed E-state index contributed by atoms with van der Waals surface area (Å²) in [6.45, 7) is -0.206. The van der Waals surface area contributed by atoms with Crippen molar-refractivity contribution in [2.24, 2.45) is 0 Å². The summed E-state index contributed by atoms with van der Waals surface area (Å²) in [6, 6.07) is 5.56. The molecule has 0 unspecified atom stereocenters. The number of benzene rings is 1. The van der Waals surface area contributed by atoms with Gasteiger partial charge in [-0.25, -0.2) is 0 Å².